The number of carbonyl (C=O) groups is 1. The normalized spacial score (nSPS) is 12.0. The molecule has 1 unspecified atom stereocenters. The highest BCUT2D eigenvalue weighted by atomic mass is 35.5. The summed E-state index contributed by atoms with van der Waals surface area (Å²) in [5.74, 6) is -1.87. The Morgan fingerprint density at radius 1 is 1.17 bits per heavy atom. The zero-order chi connectivity index (χ0) is 17.0. The summed E-state index contributed by atoms with van der Waals surface area (Å²) in [5.41, 5.74) is 1.54. The minimum absolute atomic E-state index is 0.0674. The van der Waals surface area contributed by atoms with Gasteiger partial charge < -0.3 is 4.90 Å². The quantitative estimate of drug-likeness (QED) is 0.769. The van der Waals surface area contributed by atoms with Crippen molar-refractivity contribution < 1.29 is 13.6 Å². The minimum atomic E-state index is -0.908. The molecule has 23 heavy (non-hydrogen) atoms. The van der Waals surface area contributed by atoms with Crippen molar-refractivity contribution in [1.29, 1.82) is 0 Å². The molecule has 0 aliphatic carbocycles. The van der Waals surface area contributed by atoms with Crippen molar-refractivity contribution in [2.45, 2.75) is 25.8 Å². The lowest BCUT2D eigenvalue weighted by Gasteiger charge is -2.25. The smallest absolute Gasteiger partial charge is 0.223 e. The predicted octanol–water partition coefficient (Wildman–Crippen LogP) is 4.77. The Bertz CT molecular complexity index is 705. The molecule has 1 amide bonds. The van der Waals surface area contributed by atoms with Crippen LogP contribution in [-0.4, -0.2) is 17.9 Å². The van der Waals surface area contributed by atoms with E-state index in [1.165, 1.54) is 11.0 Å². The largest absolute Gasteiger partial charge is 0.339 e. The van der Waals surface area contributed by atoms with Crippen molar-refractivity contribution >= 4 is 17.5 Å². The molecule has 1 atom stereocenters. The lowest BCUT2D eigenvalue weighted by atomic mass is 10.1. The number of hydrogen-bond donors (Lipinski definition) is 0. The van der Waals surface area contributed by atoms with Crippen LogP contribution >= 0.6 is 11.6 Å². The van der Waals surface area contributed by atoms with Crippen molar-refractivity contribution in [2.24, 2.45) is 0 Å². The Kier molecular flexibility index (Phi) is 5.72. The summed E-state index contributed by atoms with van der Waals surface area (Å²) in [6.07, 6.45) is 0.902. The summed E-state index contributed by atoms with van der Waals surface area (Å²) in [7, 11) is 1.66. The lowest BCUT2D eigenvalue weighted by molar-refractivity contribution is -0.131. The zero-order valence-electron chi connectivity index (χ0n) is 13.0. The summed E-state index contributed by atoms with van der Waals surface area (Å²) in [4.78, 5) is 13.8. The molecule has 0 spiro atoms. The van der Waals surface area contributed by atoms with Gasteiger partial charge in [0.1, 0.15) is 0 Å². The first-order valence-electron chi connectivity index (χ1n) is 7.33. The van der Waals surface area contributed by atoms with Gasteiger partial charge in [-0.15, -0.1) is 0 Å². The number of aryl methyl sites for hydroxylation is 1. The van der Waals surface area contributed by atoms with Crippen LogP contribution in [0.2, 0.25) is 5.02 Å². The Morgan fingerprint density at radius 3 is 2.57 bits per heavy atom. The molecule has 2 aromatic carbocycles. The highest BCUT2D eigenvalue weighted by Crippen LogP contribution is 2.22. The second kappa shape index (κ2) is 7.55. The molecule has 122 valence electrons. The second-order valence-corrected chi connectivity index (χ2v) is 5.92. The molecule has 0 heterocycles. The Balaban J connectivity index is 1.99. The van der Waals surface area contributed by atoms with E-state index in [9.17, 15) is 13.6 Å². The van der Waals surface area contributed by atoms with Crippen LogP contribution in [0, 0.1) is 11.6 Å². The molecule has 0 aromatic heterocycles. The zero-order valence-corrected chi connectivity index (χ0v) is 13.8. The maximum absolute atomic E-state index is 13.3. The van der Waals surface area contributed by atoms with Crippen LogP contribution in [0.1, 0.15) is 30.5 Å². The van der Waals surface area contributed by atoms with Gasteiger partial charge in [0.05, 0.1) is 6.04 Å². The summed E-state index contributed by atoms with van der Waals surface area (Å²) in [5, 5.41) is 0.637. The van der Waals surface area contributed by atoms with Gasteiger partial charge in [-0.1, -0.05) is 29.8 Å². The molecule has 0 fully saturated rings. The molecule has 0 N–H and O–H groups in total. The number of amides is 1. The van der Waals surface area contributed by atoms with E-state index in [-0.39, 0.29) is 11.9 Å². The van der Waals surface area contributed by atoms with Gasteiger partial charge in [-0.2, -0.15) is 0 Å². The second-order valence-electron chi connectivity index (χ2n) is 5.48. The first kappa shape index (κ1) is 17.4. The lowest BCUT2D eigenvalue weighted by Crippen LogP contribution is -2.29. The summed E-state index contributed by atoms with van der Waals surface area (Å²) < 4.78 is 26.3. The molecule has 2 nitrogen and oxygen atoms in total. The number of hydrogen-bond acceptors (Lipinski definition) is 1. The third-order valence-electron chi connectivity index (χ3n) is 3.92. The standard InChI is InChI=1S/C18H18ClF2NO/c1-12(14-7-8-16(20)17(21)11-14)22(2)18(23)9-6-13-4-3-5-15(19)10-13/h3-5,7-8,10-12H,6,9H2,1-2H3. The monoisotopic (exact) mass is 337 g/mol. The molecule has 0 aliphatic heterocycles. The number of nitrogens with zero attached hydrogens (tertiary/aromatic N) is 1. The van der Waals surface area contributed by atoms with Crippen LogP contribution < -0.4 is 0 Å². The summed E-state index contributed by atoms with van der Waals surface area (Å²) >= 11 is 5.92. The van der Waals surface area contributed by atoms with Gasteiger partial charge in [-0.25, -0.2) is 8.78 Å². The van der Waals surface area contributed by atoms with E-state index in [0.29, 0.717) is 23.4 Å². The number of halogens is 3. The van der Waals surface area contributed by atoms with Crippen molar-refractivity contribution in [3.63, 3.8) is 0 Å². The van der Waals surface area contributed by atoms with Crippen molar-refractivity contribution in [2.75, 3.05) is 7.05 Å². The molecule has 2 aromatic rings. The van der Waals surface area contributed by atoms with Crippen molar-refractivity contribution in [3.8, 4) is 0 Å². The van der Waals surface area contributed by atoms with E-state index in [4.69, 9.17) is 11.6 Å². The van der Waals surface area contributed by atoms with Gasteiger partial charge in [0.15, 0.2) is 11.6 Å². The Hall–Kier alpha value is -1.94. The molecular weight excluding hydrogens is 320 g/mol. The van der Waals surface area contributed by atoms with E-state index in [1.807, 2.05) is 18.2 Å². The summed E-state index contributed by atoms with van der Waals surface area (Å²) in [6.45, 7) is 1.78. The first-order valence-corrected chi connectivity index (χ1v) is 7.71. The SMILES string of the molecule is CC(c1ccc(F)c(F)c1)N(C)C(=O)CCc1cccc(Cl)c1. The van der Waals surface area contributed by atoms with Crippen molar-refractivity contribution in [1.82, 2.24) is 4.90 Å². The van der Waals surface area contributed by atoms with Crippen LogP contribution in [-0.2, 0) is 11.2 Å². The molecule has 0 saturated carbocycles. The molecule has 0 aliphatic rings. The van der Waals surface area contributed by atoms with Crippen LogP contribution in [0.15, 0.2) is 42.5 Å². The fraction of sp³-hybridized carbons (Fsp3) is 0.278. The fourth-order valence-electron chi connectivity index (χ4n) is 2.33. The average molecular weight is 338 g/mol. The number of carbonyl (C=O) groups excluding carboxylic acids is 1. The number of rotatable bonds is 5. The van der Waals surface area contributed by atoms with Crippen LogP contribution in [0.25, 0.3) is 0 Å². The first-order chi connectivity index (χ1) is 10.9. The van der Waals surface area contributed by atoms with E-state index in [2.05, 4.69) is 0 Å². The Morgan fingerprint density at radius 2 is 1.91 bits per heavy atom. The molecule has 2 rings (SSSR count). The van der Waals surface area contributed by atoms with E-state index < -0.39 is 11.6 Å². The van der Waals surface area contributed by atoms with Crippen LogP contribution in [0.3, 0.4) is 0 Å². The van der Waals surface area contributed by atoms with Crippen molar-refractivity contribution in [3.05, 3.63) is 70.2 Å². The van der Waals surface area contributed by atoms with Gasteiger partial charge in [0, 0.05) is 18.5 Å². The third-order valence-corrected chi connectivity index (χ3v) is 4.15. The maximum atomic E-state index is 13.3. The van der Waals surface area contributed by atoms with Crippen LogP contribution in [0.4, 0.5) is 8.78 Å². The average Bonchev–Trinajstić information content (AvgIpc) is 2.54. The molecule has 0 saturated heterocycles. The molecule has 5 heteroatoms. The van der Waals surface area contributed by atoms with Crippen LogP contribution in [0.5, 0.6) is 0 Å². The minimum Gasteiger partial charge on any atom is -0.339 e. The highest BCUT2D eigenvalue weighted by molar-refractivity contribution is 6.30. The van der Waals surface area contributed by atoms with Gasteiger partial charge >= 0.3 is 0 Å². The van der Waals surface area contributed by atoms with Gasteiger partial charge in [-0.3, -0.25) is 4.79 Å². The summed E-state index contributed by atoms with van der Waals surface area (Å²) in [6, 6.07) is 10.7. The van der Waals surface area contributed by atoms with Gasteiger partial charge in [0.25, 0.3) is 0 Å². The topological polar surface area (TPSA) is 20.3 Å². The van der Waals surface area contributed by atoms with E-state index >= 15 is 0 Å². The third kappa shape index (κ3) is 4.52. The van der Waals surface area contributed by atoms with Gasteiger partial charge in [0.2, 0.25) is 5.91 Å². The fourth-order valence-corrected chi connectivity index (χ4v) is 2.54. The Labute approximate surface area is 139 Å². The molecular formula is C18H18ClF2NO. The van der Waals surface area contributed by atoms with Gasteiger partial charge in [-0.05, 0) is 48.7 Å². The molecule has 0 radical (unpaired) electrons. The maximum Gasteiger partial charge on any atom is 0.223 e. The number of benzene rings is 2. The predicted molar refractivity (Wildman–Crippen MR) is 87.3 cm³/mol. The van der Waals surface area contributed by atoms with E-state index in [0.717, 1.165) is 17.7 Å². The molecule has 0 bridgehead atoms. The highest BCUT2D eigenvalue weighted by Gasteiger charge is 2.18. The van der Waals surface area contributed by atoms with E-state index in [1.54, 1.807) is 20.0 Å².